The van der Waals surface area contributed by atoms with Crippen molar-refractivity contribution >= 4 is 29.0 Å². The van der Waals surface area contributed by atoms with Crippen molar-refractivity contribution in [3.8, 4) is 0 Å². The zero-order valence-electron chi connectivity index (χ0n) is 16.0. The summed E-state index contributed by atoms with van der Waals surface area (Å²) in [6.45, 7) is 4.10. The van der Waals surface area contributed by atoms with Gasteiger partial charge in [0.05, 0.1) is 16.8 Å². The average molecular weight is 384 g/mol. The Morgan fingerprint density at radius 3 is 2.32 bits per heavy atom. The van der Waals surface area contributed by atoms with Gasteiger partial charge in [-0.3, -0.25) is 28.4 Å². The largest absolute Gasteiger partial charge is 0.383 e. The number of imide groups is 1. The van der Waals surface area contributed by atoms with Crippen molar-refractivity contribution < 1.29 is 9.59 Å². The molecule has 146 valence electrons. The molecular weight excluding hydrogens is 364 g/mol. The number of amides is 2. The van der Waals surface area contributed by atoms with Gasteiger partial charge in [0.25, 0.3) is 17.4 Å². The van der Waals surface area contributed by atoms with Gasteiger partial charge < -0.3 is 5.73 Å². The van der Waals surface area contributed by atoms with Gasteiger partial charge in [-0.15, -0.1) is 10.2 Å². The highest BCUT2D eigenvalue weighted by atomic mass is 16.2. The smallest absolute Gasteiger partial charge is 0.332 e. The number of aromatic nitrogens is 2. The van der Waals surface area contributed by atoms with Crippen molar-refractivity contribution in [1.29, 1.82) is 0 Å². The third-order valence-corrected chi connectivity index (χ3v) is 4.47. The predicted molar refractivity (Wildman–Crippen MR) is 102 cm³/mol. The minimum atomic E-state index is -0.708. The van der Waals surface area contributed by atoms with E-state index in [1.54, 1.807) is 12.1 Å². The molecule has 0 unspecified atom stereocenters. The molecule has 2 N–H and O–H groups in total. The van der Waals surface area contributed by atoms with Crippen LogP contribution in [0.4, 0.5) is 17.2 Å². The number of azo groups is 1. The molecule has 0 atom stereocenters. The van der Waals surface area contributed by atoms with Crippen molar-refractivity contribution in [3.63, 3.8) is 0 Å². The van der Waals surface area contributed by atoms with Gasteiger partial charge in [0.1, 0.15) is 5.82 Å². The second-order valence-electron chi connectivity index (χ2n) is 6.95. The van der Waals surface area contributed by atoms with Crippen LogP contribution in [0.25, 0.3) is 0 Å². The van der Waals surface area contributed by atoms with Gasteiger partial charge in [0.15, 0.2) is 5.69 Å². The van der Waals surface area contributed by atoms with E-state index in [0.717, 1.165) is 9.13 Å². The average Bonchev–Trinajstić information content (AvgIpc) is 2.90. The first-order valence-electron chi connectivity index (χ1n) is 8.61. The number of rotatable bonds is 4. The number of hydrogen-bond donors (Lipinski definition) is 1. The molecule has 0 fully saturated rings. The topological polar surface area (TPSA) is 132 Å². The summed E-state index contributed by atoms with van der Waals surface area (Å²) in [4.78, 5) is 50.6. The van der Waals surface area contributed by atoms with E-state index in [4.69, 9.17) is 5.73 Å². The summed E-state index contributed by atoms with van der Waals surface area (Å²) in [6, 6.07) is 4.66. The Bertz CT molecular complexity index is 1140. The SMILES string of the molecule is CC(C)CN1C(=O)c2cccc(N=Nc3c(N)n(C)c(=O)n(C)c3=O)c2C1=O. The van der Waals surface area contributed by atoms with E-state index in [1.807, 2.05) is 13.8 Å². The van der Waals surface area contributed by atoms with Gasteiger partial charge in [0, 0.05) is 20.6 Å². The van der Waals surface area contributed by atoms with Crippen LogP contribution in [0.5, 0.6) is 0 Å². The lowest BCUT2D eigenvalue weighted by molar-refractivity contribution is 0.0636. The highest BCUT2D eigenvalue weighted by Crippen LogP contribution is 2.32. The first-order valence-corrected chi connectivity index (χ1v) is 8.61. The van der Waals surface area contributed by atoms with Crippen molar-refractivity contribution in [2.75, 3.05) is 12.3 Å². The van der Waals surface area contributed by atoms with Crippen LogP contribution in [-0.4, -0.2) is 32.4 Å². The zero-order chi connectivity index (χ0) is 20.7. The van der Waals surface area contributed by atoms with Crippen LogP contribution < -0.4 is 17.0 Å². The van der Waals surface area contributed by atoms with Gasteiger partial charge in [-0.25, -0.2) is 4.79 Å². The standard InChI is InChI=1S/C18H20N6O4/c1-9(2)8-24-15(25)10-6-5-7-11(12(10)16(24)26)20-21-13-14(19)22(3)18(28)23(4)17(13)27/h5-7,9H,8,19H2,1-4H3. The maximum Gasteiger partial charge on any atom is 0.332 e. The van der Waals surface area contributed by atoms with E-state index in [2.05, 4.69) is 10.2 Å². The lowest BCUT2D eigenvalue weighted by atomic mass is 10.1. The number of carbonyl (C=O) groups excluding carboxylic acids is 2. The van der Waals surface area contributed by atoms with Crippen LogP contribution >= 0.6 is 0 Å². The van der Waals surface area contributed by atoms with Crippen LogP contribution in [-0.2, 0) is 14.1 Å². The first-order chi connectivity index (χ1) is 13.1. The van der Waals surface area contributed by atoms with Gasteiger partial charge in [-0.05, 0) is 18.1 Å². The second-order valence-corrected chi connectivity index (χ2v) is 6.95. The Kier molecular flexibility index (Phi) is 4.72. The molecule has 0 aliphatic carbocycles. The lowest BCUT2D eigenvalue weighted by Gasteiger charge is -2.15. The van der Waals surface area contributed by atoms with Gasteiger partial charge in [-0.1, -0.05) is 19.9 Å². The normalized spacial score (nSPS) is 13.8. The molecule has 2 amide bonds. The minimum absolute atomic E-state index is 0.112. The van der Waals surface area contributed by atoms with Crippen molar-refractivity contribution in [3.05, 3.63) is 50.2 Å². The number of hydrogen-bond acceptors (Lipinski definition) is 7. The number of nitrogens with zero attached hydrogens (tertiary/aromatic N) is 5. The van der Waals surface area contributed by atoms with Gasteiger partial charge in [-0.2, -0.15) is 0 Å². The summed E-state index contributed by atoms with van der Waals surface area (Å²) in [5.41, 5.74) is 4.83. The van der Waals surface area contributed by atoms with Crippen LogP contribution in [0.3, 0.4) is 0 Å². The third kappa shape index (κ3) is 2.92. The van der Waals surface area contributed by atoms with Crippen molar-refractivity contribution in [2.45, 2.75) is 13.8 Å². The molecule has 2 heterocycles. The number of nitrogen functional groups attached to an aromatic ring is 1. The van der Waals surface area contributed by atoms with E-state index in [9.17, 15) is 19.2 Å². The Morgan fingerprint density at radius 1 is 1.00 bits per heavy atom. The summed E-state index contributed by atoms with van der Waals surface area (Å²) in [7, 11) is 2.71. The molecule has 0 radical (unpaired) electrons. The molecule has 1 aliphatic rings. The molecule has 0 bridgehead atoms. The van der Waals surface area contributed by atoms with Crippen molar-refractivity contribution in [1.82, 2.24) is 14.0 Å². The molecule has 0 saturated heterocycles. The molecule has 1 aliphatic heterocycles. The molecule has 10 nitrogen and oxygen atoms in total. The Morgan fingerprint density at radius 2 is 1.68 bits per heavy atom. The summed E-state index contributed by atoms with van der Waals surface area (Å²) < 4.78 is 1.93. The second kappa shape index (κ2) is 6.87. The van der Waals surface area contributed by atoms with E-state index in [-0.39, 0.29) is 46.7 Å². The fraction of sp³-hybridized carbons (Fsp3) is 0.333. The van der Waals surface area contributed by atoms with Crippen molar-refractivity contribution in [2.24, 2.45) is 30.2 Å². The molecule has 28 heavy (non-hydrogen) atoms. The van der Waals surface area contributed by atoms with E-state index < -0.39 is 17.2 Å². The Balaban J connectivity index is 2.09. The number of benzene rings is 1. The van der Waals surface area contributed by atoms with Gasteiger partial charge >= 0.3 is 5.69 Å². The quantitative estimate of drug-likeness (QED) is 0.627. The molecule has 2 aromatic rings. The van der Waals surface area contributed by atoms with Crippen LogP contribution in [0.2, 0.25) is 0 Å². The molecule has 3 rings (SSSR count). The number of anilines is 1. The molecule has 1 aromatic heterocycles. The third-order valence-electron chi connectivity index (χ3n) is 4.47. The molecule has 0 saturated carbocycles. The fourth-order valence-corrected chi connectivity index (χ4v) is 2.97. The number of nitrogens with two attached hydrogens (primary N) is 1. The highest BCUT2D eigenvalue weighted by Gasteiger charge is 2.37. The summed E-state index contributed by atoms with van der Waals surface area (Å²) in [5, 5.41) is 7.88. The Labute approximate surface area is 159 Å². The minimum Gasteiger partial charge on any atom is -0.383 e. The zero-order valence-corrected chi connectivity index (χ0v) is 16.0. The highest BCUT2D eigenvalue weighted by molar-refractivity contribution is 6.23. The van der Waals surface area contributed by atoms with Gasteiger partial charge in [0.2, 0.25) is 0 Å². The van der Waals surface area contributed by atoms with E-state index >= 15 is 0 Å². The molecule has 1 aromatic carbocycles. The molecular formula is C18H20N6O4. The maximum absolute atomic E-state index is 12.7. The molecule has 0 spiro atoms. The fourth-order valence-electron chi connectivity index (χ4n) is 2.97. The molecule has 10 heteroatoms. The van der Waals surface area contributed by atoms with E-state index in [1.165, 1.54) is 25.1 Å². The van der Waals surface area contributed by atoms with Crippen LogP contribution in [0, 0.1) is 5.92 Å². The predicted octanol–water partition coefficient (Wildman–Crippen LogP) is 1.33. The lowest BCUT2D eigenvalue weighted by Crippen LogP contribution is -2.37. The monoisotopic (exact) mass is 384 g/mol. The summed E-state index contributed by atoms with van der Waals surface area (Å²) in [5.74, 6) is -0.873. The number of fused-ring (bicyclic) bond motifs is 1. The Hall–Kier alpha value is -3.56. The summed E-state index contributed by atoms with van der Waals surface area (Å²) >= 11 is 0. The number of carbonyl (C=O) groups is 2. The maximum atomic E-state index is 12.7. The van der Waals surface area contributed by atoms with Crippen LogP contribution in [0.1, 0.15) is 34.6 Å². The first kappa shape index (κ1) is 19.2. The van der Waals surface area contributed by atoms with E-state index in [0.29, 0.717) is 0 Å². The van der Waals surface area contributed by atoms with Crippen LogP contribution in [0.15, 0.2) is 38.0 Å². The summed E-state index contributed by atoms with van der Waals surface area (Å²) in [6.07, 6.45) is 0.